The molecule has 0 spiro atoms. The van der Waals surface area contributed by atoms with Gasteiger partial charge >= 0.3 is 0 Å². The number of nitrogens with zero attached hydrogens (tertiary/aromatic N) is 2. The minimum Gasteiger partial charge on any atom is -0.340 e. The number of nitrogens with one attached hydrogen (secondary N) is 1. The van der Waals surface area contributed by atoms with Crippen LogP contribution in [-0.2, 0) is 6.54 Å². The zero-order valence-electron chi connectivity index (χ0n) is 10.6. The molecule has 3 rings (SSSR count). The van der Waals surface area contributed by atoms with Gasteiger partial charge in [-0.1, -0.05) is 12.1 Å². The molecule has 0 saturated carbocycles. The Hall–Kier alpha value is -1.98. The predicted molar refractivity (Wildman–Crippen MR) is 79.8 cm³/mol. The van der Waals surface area contributed by atoms with E-state index < -0.39 is 0 Å². The summed E-state index contributed by atoms with van der Waals surface area (Å²) in [5.41, 5.74) is 7.71. The molecule has 2 heterocycles. The average Bonchev–Trinajstić information content (AvgIpc) is 2.81. The van der Waals surface area contributed by atoms with Crippen LogP contribution in [0.15, 0.2) is 36.7 Å². The van der Waals surface area contributed by atoms with Crippen molar-refractivity contribution in [1.82, 2.24) is 9.97 Å². The molecule has 0 aliphatic carbocycles. The number of thiophene rings is 1. The SMILES string of the molecule is Cc1cc2c(Nc3ccc(CN)cc3)ncnc2s1. The largest absolute Gasteiger partial charge is 0.340 e. The average molecular weight is 270 g/mol. The van der Waals surface area contributed by atoms with Gasteiger partial charge in [-0.25, -0.2) is 9.97 Å². The van der Waals surface area contributed by atoms with Crippen LogP contribution in [0.2, 0.25) is 0 Å². The van der Waals surface area contributed by atoms with Gasteiger partial charge in [-0.05, 0) is 30.7 Å². The Bertz CT molecular complexity index is 703. The van der Waals surface area contributed by atoms with Crippen LogP contribution in [0.25, 0.3) is 10.2 Å². The zero-order valence-corrected chi connectivity index (χ0v) is 11.4. The van der Waals surface area contributed by atoms with Crippen LogP contribution in [0.3, 0.4) is 0 Å². The lowest BCUT2D eigenvalue weighted by Gasteiger charge is -2.06. The molecule has 0 saturated heterocycles. The number of benzene rings is 1. The van der Waals surface area contributed by atoms with Gasteiger partial charge in [0.1, 0.15) is 17.0 Å². The second kappa shape index (κ2) is 4.95. The fraction of sp³-hybridized carbons (Fsp3) is 0.143. The van der Waals surface area contributed by atoms with Crippen LogP contribution in [0.1, 0.15) is 10.4 Å². The highest BCUT2D eigenvalue weighted by atomic mass is 32.1. The van der Waals surface area contributed by atoms with Crippen LogP contribution in [0.4, 0.5) is 11.5 Å². The summed E-state index contributed by atoms with van der Waals surface area (Å²) in [6.07, 6.45) is 1.59. The third kappa shape index (κ3) is 2.43. The van der Waals surface area contributed by atoms with Crippen molar-refractivity contribution in [3.8, 4) is 0 Å². The van der Waals surface area contributed by atoms with E-state index in [2.05, 4.69) is 28.3 Å². The molecule has 0 radical (unpaired) electrons. The zero-order chi connectivity index (χ0) is 13.2. The molecule has 0 bridgehead atoms. The number of aromatic nitrogens is 2. The van der Waals surface area contributed by atoms with Gasteiger partial charge in [-0.15, -0.1) is 11.3 Å². The van der Waals surface area contributed by atoms with Crippen molar-refractivity contribution in [3.05, 3.63) is 47.1 Å². The number of aryl methyl sites for hydroxylation is 1. The van der Waals surface area contributed by atoms with Crippen molar-refractivity contribution in [1.29, 1.82) is 0 Å². The minimum atomic E-state index is 0.557. The number of nitrogens with two attached hydrogens (primary N) is 1. The number of anilines is 2. The summed E-state index contributed by atoms with van der Waals surface area (Å²) in [5.74, 6) is 0.842. The summed E-state index contributed by atoms with van der Waals surface area (Å²) in [5, 5.41) is 4.39. The first-order valence-electron chi connectivity index (χ1n) is 6.03. The van der Waals surface area contributed by atoms with Gasteiger partial charge in [-0.2, -0.15) is 0 Å². The van der Waals surface area contributed by atoms with E-state index in [1.807, 2.05) is 24.3 Å². The maximum atomic E-state index is 5.59. The molecule has 0 fully saturated rings. The summed E-state index contributed by atoms with van der Waals surface area (Å²) in [6.45, 7) is 2.63. The summed E-state index contributed by atoms with van der Waals surface area (Å²) < 4.78 is 0. The highest BCUT2D eigenvalue weighted by Gasteiger charge is 2.06. The summed E-state index contributed by atoms with van der Waals surface area (Å²) >= 11 is 1.68. The summed E-state index contributed by atoms with van der Waals surface area (Å²) in [7, 11) is 0. The lowest BCUT2D eigenvalue weighted by Crippen LogP contribution is -1.97. The molecule has 5 heteroatoms. The Morgan fingerprint density at radius 2 is 2.00 bits per heavy atom. The highest BCUT2D eigenvalue weighted by molar-refractivity contribution is 7.18. The van der Waals surface area contributed by atoms with Gasteiger partial charge in [-0.3, -0.25) is 0 Å². The smallest absolute Gasteiger partial charge is 0.142 e. The van der Waals surface area contributed by atoms with Crippen molar-refractivity contribution in [2.75, 3.05) is 5.32 Å². The molecule has 0 amide bonds. The maximum absolute atomic E-state index is 5.59. The first kappa shape index (κ1) is 12.1. The topological polar surface area (TPSA) is 63.8 Å². The van der Waals surface area contributed by atoms with E-state index in [1.54, 1.807) is 17.7 Å². The molecular weight excluding hydrogens is 256 g/mol. The van der Waals surface area contributed by atoms with E-state index in [0.29, 0.717) is 6.54 Å². The lowest BCUT2D eigenvalue weighted by atomic mass is 10.2. The molecule has 3 aromatic rings. The molecule has 3 N–H and O–H groups in total. The van der Waals surface area contributed by atoms with Gasteiger partial charge in [0.15, 0.2) is 0 Å². The van der Waals surface area contributed by atoms with Gasteiger partial charge in [0.2, 0.25) is 0 Å². The Balaban J connectivity index is 1.95. The molecule has 4 nitrogen and oxygen atoms in total. The first-order valence-corrected chi connectivity index (χ1v) is 6.85. The Morgan fingerprint density at radius 3 is 2.74 bits per heavy atom. The molecule has 0 unspecified atom stereocenters. The summed E-state index contributed by atoms with van der Waals surface area (Å²) in [6, 6.07) is 10.2. The standard InChI is InChI=1S/C14H14N4S/c1-9-6-12-13(16-8-17-14(12)19-9)18-11-4-2-10(7-15)3-5-11/h2-6,8H,7,15H2,1H3,(H,16,17,18). The molecule has 0 aliphatic heterocycles. The fourth-order valence-electron chi connectivity index (χ4n) is 1.94. The molecule has 19 heavy (non-hydrogen) atoms. The van der Waals surface area contributed by atoms with E-state index in [4.69, 9.17) is 5.73 Å². The van der Waals surface area contributed by atoms with Crippen molar-refractivity contribution >= 4 is 33.1 Å². The quantitative estimate of drug-likeness (QED) is 0.767. The van der Waals surface area contributed by atoms with Crippen LogP contribution in [0, 0.1) is 6.92 Å². The van der Waals surface area contributed by atoms with E-state index in [1.165, 1.54) is 4.88 Å². The molecular formula is C14H14N4S. The van der Waals surface area contributed by atoms with Crippen molar-refractivity contribution in [2.24, 2.45) is 5.73 Å². The first-order chi connectivity index (χ1) is 9.26. The molecule has 2 aromatic heterocycles. The Kier molecular flexibility index (Phi) is 3.15. The van der Waals surface area contributed by atoms with Gasteiger partial charge in [0.25, 0.3) is 0 Å². The van der Waals surface area contributed by atoms with Crippen molar-refractivity contribution < 1.29 is 0 Å². The fourth-order valence-corrected chi connectivity index (χ4v) is 2.78. The molecule has 1 aromatic carbocycles. The number of rotatable bonds is 3. The van der Waals surface area contributed by atoms with Gasteiger partial charge < -0.3 is 11.1 Å². The van der Waals surface area contributed by atoms with E-state index in [0.717, 1.165) is 27.3 Å². The second-order valence-electron chi connectivity index (χ2n) is 4.32. The van der Waals surface area contributed by atoms with Crippen LogP contribution in [0.5, 0.6) is 0 Å². The number of fused-ring (bicyclic) bond motifs is 1. The third-order valence-corrected chi connectivity index (χ3v) is 3.86. The molecule has 0 aliphatic rings. The van der Waals surface area contributed by atoms with E-state index in [9.17, 15) is 0 Å². The third-order valence-electron chi connectivity index (χ3n) is 2.90. The minimum absolute atomic E-state index is 0.557. The highest BCUT2D eigenvalue weighted by Crippen LogP contribution is 2.29. The Morgan fingerprint density at radius 1 is 1.21 bits per heavy atom. The lowest BCUT2D eigenvalue weighted by molar-refractivity contribution is 1.07. The normalized spacial score (nSPS) is 10.8. The molecule has 0 atom stereocenters. The van der Waals surface area contributed by atoms with E-state index >= 15 is 0 Å². The Labute approximate surface area is 115 Å². The van der Waals surface area contributed by atoms with Gasteiger partial charge in [0.05, 0.1) is 5.39 Å². The maximum Gasteiger partial charge on any atom is 0.142 e. The van der Waals surface area contributed by atoms with Crippen molar-refractivity contribution in [2.45, 2.75) is 13.5 Å². The molecule has 96 valence electrons. The van der Waals surface area contributed by atoms with Gasteiger partial charge in [0, 0.05) is 17.1 Å². The monoisotopic (exact) mass is 270 g/mol. The predicted octanol–water partition coefficient (Wildman–Crippen LogP) is 3.20. The van der Waals surface area contributed by atoms with Crippen molar-refractivity contribution in [3.63, 3.8) is 0 Å². The number of hydrogen-bond acceptors (Lipinski definition) is 5. The second-order valence-corrected chi connectivity index (χ2v) is 5.56. The van der Waals surface area contributed by atoms with Crippen LogP contribution in [-0.4, -0.2) is 9.97 Å². The van der Waals surface area contributed by atoms with Crippen LogP contribution < -0.4 is 11.1 Å². The van der Waals surface area contributed by atoms with Crippen LogP contribution >= 0.6 is 11.3 Å². The summed E-state index contributed by atoms with van der Waals surface area (Å²) in [4.78, 5) is 10.8. The number of hydrogen-bond donors (Lipinski definition) is 2. The van der Waals surface area contributed by atoms with E-state index in [-0.39, 0.29) is 0 Å².